The number of aliphatic hydroxyl groups excluding tert-OH is 1. The lowest BCUT2D eigenvalue weighted by atomic mass is 9.88. The lowest BCUT2D eigenvalue weighted by Gasteiger charge is -2.41. The first kappa shape index (κ1) is 21.4. The highest BCUT2D eigenvalue weighted by Crippen LogP contribution is 2.36. The van der Waals surface area contributed by atoms with E-state index in [1.54, 1.807) is 34.3 Å². The maximum Gasteiger partial charge on any atom is 0.331 e. The number of nitrogens with zero attached hydrogens (tertiary/aromatic N) is 4. The SMILES string of the molecule is O=C(CO)NC1(C(=O)O)CCCN(c2cc(-n3ccnc3)c3ccc(Cl)c(Cl)c3n2)C1. The van der Waals surface area contributed by atoms with Gasteiger partial charge in [-0.2, -0.15) is 0 Å². The van der Waals surface area contributed by atoms with Crippen molar-refractivity contribution >= 4 is 51.8 Å². The molecule has 162 valence electrons. The fourth-order valence-electron chi connectivity index (χ4n) is 3.87. The molecule has 2 aromatic heterocycles. The van der Waals surface area contributed by atoms with Crippen molar-refractivity contribution < 1.29 is 19.8 Å². The number of nitrogens with one attached hydrogen (secondary N) is 1. The molecule has 3 N–H and O–H groups in total. The van der Waals surface area contributed by atoms with E-state index in [0.29, 0.717) is 29.3 Å². The second-order valence-corrected chi connectivity index (χ2v) is 8.13. The molecule has 1 saturated heterocycles. The number of amides is 1. The predicted octanol–water partition coefficient (Wildman–Crippen LogP) is 2.26. The number of aliphatic carboxylic acids is 1. The van der Waals surface area contributed by atoms with Gasteiger partial charge in [-0.3, -0.25) is 4.79 Å². The monoisotopic (exact) mass is 463 g/mol. The Labute approximate surface area is 187 Å². The van der Waals surface area contributed by atoms with Crippen LogP contribution in [0.25, 0.3) is 16.6 Å². The first-order valence-corrected chi connectivity index (χ1v) is 10.3. The Morgan fingerprint density at radius 1 is 1.29 bits per heavy atom. The largest absolute Gasteiger partial charge is 0.479 e. The number of aromatic nitrogens is 3. The zero-order valence-electron chi connectivity index (χ0n) is 16.3. The van der Waals surface area contributed by atoms with Gasteiger partial charge in [0.1, 0.15) is 12.4 Å². The minimum Gasteiger partial charge on any atom is -0.479 e. The molecule has 31 heavy (non-hydrogen) atoms. The number of carbonyl (C=O) groups is 2. The number of halogens is 2. The normalized spacial score (nSPS) is 18.9. The van der Waals surface area contributed by atoms with E-state index in [1.807, 2.05) is 12.1 Å². The van der Waals surface area contributed by atoms with E-state index in [4.69, 9.17) is 28.3 Å². The van der Waals surface area contributed by atoms with Crippen LogP contribution >= 0.6 is 23.2 Å². The summed E-state index contributed by atoms with van der Waals surface area (Å²) >= 11 is 12.7. The Kier molecular flexibility index (Phi) is 5.74. The van der Waals surface area contributed by atoms with Crippen LogP contribution in [-0.4, -0.2) is 61.9 Å². The van der Waals surface area contributed by atoms with Crippen molar-refractivity contribution in [3.05, 3.63) is 47.0 Å². The van der Waals surface area contributed by atoms with E-state index < -0.39 is 24.0 Å². The molecule has 0 spiro atoms. The number of rotatable bonds is 5. The van der Waals surface area contributed by atoms with Crippen molar-refractivity contribution in [3.8, 4) is 5.69 Å². The lowest BCUT2D eigenvalue weighted by molar-refractivity contribution is -0.148. The summed E-state index contributed by atoms with van der Waals surface area (Å²) in [5.74, 6) is -1.43. The Morgan fingerprint density at radius 2 is 2.10 bits per heavy atom. The van der Waals surface area contributed by atoms with Gasteiger partial charge in [0.2, 0.25) is 5.91 Å². The summed E-state index contributed by atoms with van der Waals surface area (Å²) in [7, 11) is 0. The summed E-state index contributed by atoms with van der Waals surface area (Å²) in [4.78, 5) is 34.4. The number of carbonyl (C=O) groups excluding carboxylic acids is 1. The Hall–Kier alpha value is -2.88. The molecule has 1 fully saturated rings. The average Bonchev–Trinajstić information content (AvgIpc) is 3.30. The summed E-state index contributed by atoms with van der Waals surface area (Å²) in [5, 5.41) is 22.8. The molecular weight excluding hydrogens is 445 g/mol. The van der Waals surface area contributed by atoms with Gasteiger partial charge in [-0.1, -0.05) is 23.2 Å². The second kappa shape index (κ2) is 8.33. The molecule has 1 amide bonds. The fourth-order valence-corrected chi connectivity index (χ4v) is 4.23. The second-order valence-electron chi connectivity index (χ2n) is 7.35. The van der Waals surface area contributed by atoms with Crippen LogP contribution < -0.4 is 10.2 Å². The molecule has 0 aliphatic carbocycles. The molecule has 0 radical (unpaired) electrons. The highest BCUT2D eigenvalue weighted by atomic mass is 35.5. The van der Waals surface area contributed by atoms with Gasteiger partial charge in [-0.05, 0) is 25.0 Å². The van der Waals surface area contributed by atoms with Crippen LogP contribution in [0.5, 0.6) is 0 Å². The van der Waals surface area contributed by atoms with Crippen molar-refractivity contribution in [1.29, 1.82) is 0 Å². The van der Waals surface area contributed by atoms with Gasteiger partial charge in [0.25, 0.3) is 0 Å². The van der Waals surface area contributed by atoms with E-state index in [1.165, 1.54) is 0 Å². The molecule has 1 aliphatic heterocycles. The van der Waals surface area contributed by atoms with Crippen LogP contribution in [0.2, 0.25) is 10.0 Å². The molecule has 3 aromatic rings. The quantitative estimate of drug-likeness (QED) is 0.530. The summed E-state index contributed by atoms with van der Waals surface area (Å²) < 4.78 is 1.81. The van der Waals surface area contributed by atoms with E-state index in [-0.39, 0.29) is 18.0 Å². The Balaban J connectivity index is 1.83. The van der Waals surface area contributed by atoms with Crippen LogP contribution in [0.1, 0.15) is 12.8 Å². The van der Waals surface area contributed by atoms with Crippen LogP contribution in [0, 0.1) is 0 Å². The average molecular weight is 464 g/mol. The number of carboxylic acid groups (broad SMARTS) is 1. The number of benzene rings is 1. The molecule has 0 bridgehead atoms. The van der Waals surface area contributed by atoms with Crippen LogP contribution in [-0.2, 0) is 9.59 Å². The number of aliphatic hydroxyl groups is 1. The highest BCUT2D eigenvalue weighted by molar-refractivity contribution is 6.45. The van der Waals surface area contributed by atoms with Gasteiger partial charge in [-0.25, -0.2) is 14.8 Å². The lowest BCUT2D eigenvalue weighted by Crippen LogP contribution is -2.64. The van der Waals surface area contributed by atoms with Gasteiger partial charge in [-0.15, -0.1) is 0 Å². The minimum atomic E-state index is -1.54. The maximum absolute atomic E-state index is 12.1. The van der Waals surface area contributed by atoms with Crippen LogP contribution in [0.15, 0.2) is 36.9 Å². The first-order valence-electron chi connectivity index (χ1n) is 9.52. The summed E-state index contributed by atoms with van der Waals surface area (Å²) in [5.41, 5.74) is -0.314. The summed E-state index contributed by atoms with van der Waals surface area (Å²) in [6, 6.07) is 5.32. The standard InChI is InChI=1S/C20H19Cl2N5O4/c21-13-3-2-12-14(27-7-5-23-11-27)8-15(24-18(12)17(13)22)26-6-1-4-20(10-26,19(30)31)25-16(29)9-28/h2-3,5,7-8,11,28H,1,4,6,9-10H2,(H,25,29)(H,30,31). The third kappa shape index (κ3) is 3.91. The Morgan fingerprint density at radius 3 is 2.77 bits per heavy atom. The molecule has 1 aromatic carbocycles. The van der Waals surface area contributed by atoms with Crippen molar-refractivity contribution in [2.75, 3.05) is 24.6 Å². The van der Waals surface area contributed by atoms with Crippen LogP contribution in [0.4, 0.5) is 5.82 Å². The number of hydrogen-bond acceptors (Lipinski definition) is 6. The predicted molar refractivity (Wildman–Crippen MR) is 116 cm³/mol. The van der Waals surface area contributed by atoms with Crippen molar-refractivity contribution in [2.45, 2.75) is 18.4 Å². The fraction of sp³-hybridized carbons (Fsp3) is 0.300. The number of carboxylic acids is 1. The van der Waals surface area contributed by atoms with Gasteiger partial charge < -0.3 is 25.0 Å². The maximum atomic E-state index is 12.1. The molecular formula is C20H19Cl2N5O4. The minimum absolute atomic E-state index is 0.0197. The van der Waals surface area contributed by atoms with Crippen molar-refractivity contribution in [3.63, 3.8) is 0 Å². The van der Waals surface area contributed by atoms with E-state index in [2.05, 4.69) is 15.3 Å². The third-order valence-corrected chi connectivity index (χ3v) is 6.16. The van der Waals surface area contributed by atoms with Crippen LogP contribution in [0.3, 0.4) is 0 Å². The molecule has 0 saturated carbocycles. The highest BCUT2D eigenvalue weighted by Gasteiger charge is 2.44. The summed E-state index contributed by atoms with van der Waals surface area (Å²) in [6.45, 7) is -0.277. The molecule has 1 aliphatic rings. The number of piperidine rings is 1. The van der Waals surface area contributed by atoms with Gasteiger partial charge in [0.15, 0.2) is 5.54 Å². The molecule has 1 unspecified atom stereocenters. The smallest absolute Gasteiger partial charge is 0.331 e. The molecule has 4 rings (SSSR count). The van der Waals surface area contributed by atoms with Crippen molar-refractivity contribution in [2.24, 2.45) is 0 Å². The van der Waals surface area contributed by atoms with E-state index >= 15 is 0 Å². The van der Waals surface area contributed by atoms with E-state index in [0.717, 1.165) is 11.1 Å². The molecule has 11 heteroatoms. The number of hydrogen-bond donors (Lipinski definition) is 3. The third-order valence-electron chi connectivity index (χ3n) is 5.37. The molecule has 9 nitrogen and oxygen atoms in total. The topological polar surface area (TPSA) is 121 Å². The number of imidazole rings is 1. The van der Waals surface area contributed by atoms with Crippen molar-refractivity contribution in [1.82, 2.24) is 19.9 Å². The number of fused-ring (bicyclic) bond motifs is 1. The summed E-state index contributed by atoms with van der Waals surface area (Å²) in [6.07, 6.45) is 5.80. The van der Waals surface area contributed by atoms with Gasteiger partial charge in [0.05, 0.1) is 34.1 Å². The zero-order chi connectivity index (χ0) is 22.2. The molecule has 1 atom stereocenters. The van der Waals surface area contributed by atoms with Gasteiger partial charge in [0, 0.05) is 30.4 Å². The van der Waals surface area contributed by atoms with Gasteiger partial charge >= 0.3 is 5.97 Å². The first-order chi connectivity index (χ1) is 14.8. The number of pyridine rings is 1. The Bertz CT molecular complexity index is 1150. The molecule has 3 heterocycles. The zero-order valence-corrected chi connectivity index (χ0v) is 17.8. The number of anilines is 1. The van der Waals surface area contributed by atoms with E-state index in [9.17, 15) is 14.7 Å².